The van der Waals surface area contributed by atoms with Crippen molar-refractivity contribution in [2.45, 2.75) is 19.9 Å². The van der Waals surface area contributed by atoms with Crippen LogP contribution < -0.4 is 4.90 Å². The topological polar surface area (TPSA) is 77.8 Å². The Morgan fingerprint density at radius 3 is 2.28 bits per heavy atom. The zero-order valence-corrected chi connectivity index (χ0v) is 18.0. The summed E-state index contributed by atoms with van der Waals surface area (Å²) in [5, 5.41) is 20.9. The van der Waals surface area contributed by atoms with Crippen molar-refractivity contribution in [3.05, 3.63) is 99.3 Å². The van der Waals surface area contributed by atoms with Crippen LogP contribution in [0.4, 0.5) is 10.1 Å². The summed E-state index contributed by atoms with van der Waals surface area (Å²) in [6.45, 7) is 3.82. The minimum absolute atomic E-state index is 0.0370. The van der Waals surface area contributed by atoms with E-state index >= 15 is 0 Å². The van der Waals surface area contributed by atoms with Gasteiger partial charge in [0.05, 0.1) is 16.6 Å². The van der Waals surface area contributed by atoms with E-state index in [1.54, 1.807) is 12.1 Å². The molecule has 0 bridgehead atoms. The van der Waals surface area contributed by atoms with Gasteiger partial charge >= 0.3 is 0 Å². The number of aryl methyl sites for hydroxylation is 2. The molecule has 1 unspecified atom stereocenters. The number of Topliss-reactive ketones (excluding diaryl/α,β-unsaturated/α-hetero) is 1. The van der Waals surface area contributed by atoms with E-state index in [0.717, 1.165) is 23.3 Å². The van der Waals surface area contributed by atoms with Crippen LogP contribution in [0, 0.1) is 19.7 Å². The van der Waals surface area contributed by atoms with Crippen molar-refractivity contribution in [3.8, 4) is 5.75 Å². The zero-order valence-electron chi connectivity index (χ0n) is 17.3. The molecule has 1 atom stereocenters. The number of phenols is 1. The summed E-state index contributed by atoms with van der Waals surface area (Å²) in [6, 6.07) is 13.6. The molecule has 4 rings (SSSR count). The van der Waals surface area contributed by atoms with E-state index in [1.165, 1.54) is 35.2 Å². The fourth-order valence-corrected chi connectivity index (χ4v) is 3.94. The van der Waals surface area contributed by atoms with E-state index in [1.807, 2.05) is 19.9 Å². The van der Waals surface area contributed by atoms with E-state index in [2.05, 4.69) is 0 Å². The number of benzene rings is 3. The number of phenolic OH excluding ortho intramolecular Hbond substituents is 1. The van der Waals surface area contributed by atoms with Crippen LogP contribution in [0.25, 0.3) is 5.76 Å². The number of carbonyl (C=O) groups is 2. The van der Waals surface area contributed by atoms with Crippen molar-refractivity contribution in [2.24, 2.45) is 0 Å². The molecule has 0 aliphatic carbocycles. The summed E-state index contributed by atoms with van der Waals surface area (Å²) in [6.07, 6.45) is 0. The number of hydrogen-bond donors (Lipinski definition) is 2. The number of carbonyl (C=O) groups excluding carboxylic acids is 2. The van der Waals surface area contributed by atoms with Gasteiger partial charge in [-0.2, -0.15) is 0 Å². The number of aliphatic hydroxyl groups excluding tert-OH is 1. The third-order valence-electron chi connectivity index (χ3n) is 5.62. The Morgan fingerprint density at radius 1 is 0.969 bits per heavy atom. The van der Waals surface area contributed by atoms with Crippen molar-refractivity contribution < 1.29 is 24.2 Å². The summed E-state index contributed by atoms with van der Waals surface area (Å²) in [5.41, 5.74) is 2.88. The normalized spacial score (nSPS) is 17.8. The molecule has 162 valence electrons. The quantitative estimate of drug-likeness (QED) is 0.316. The van der Waals surface area contributed by atoms with Crippen molar-refractivity contribution in [1.82, 2.24) is 0 Å². The van der Waals surface area contributed by atoms with Gasteiger partial charge in [-0.05, 0) is 79.1 Å². The van der Waals surface area contributed by atoms with Crippen LogP contribution in [0.2, 0.25) is 5.02 Å². The molecule has 1 fully saturated rings. The molecule has 1 amide bonds. The first-order chi connectivity index (χ1) is 15.2. The Labute approximate surface area is 189 Å². The number of hydrogen-bond acceptors (Lipinski definition) is 4. The number of aromatic hydroxyl groups is 1. The number of rotatable bonds is 3. The zero-order chi connectivity index (χ0) is 23.2. The summed E-state index contributed by atoms with van der Waals surface area (Å²) in [5.74, 6) is -2.77. The number of aliphatic hydroxyl groups is 1. The van der Waals surface area contributed by atoms with Gasteiger partial charge in [-0.15, -0.1) is 0 Å². The number of ketones is 1. The second kappa shape index (κ2) is 8.13. The number of amides is 1. The van der Waals surface area contributed by atoms with Crippen LogP contribution in [0.15, 0.2) is 66.2 Å². The predicted octanol–water partition coefficient (Wildman–Crippen LogP) is 5.43. The lowest BCUT2D eigenvalue weighted by Gasteiger charge is -2.26. The average molecular weight is 452 g/mol. The minimum Gasteiger partial charge on any atom is -0.507 e. The number of halogens is 2. The van der Waals surface area contributed by atoms with Gasteiger partial charge < -0.3 is 10.2 Å². The number of anilines is 1. The molecule has 32 heavy (non-hydrogen) atoms. The molecule has 1 saturated heterocycles. The lowest BCUT2D eigenvalue weighted by molar-refractivity contribution is -0.132. The Hall–Kier alpha value is -3.64. The monoisotopic (exact) mass is 451 g/mol. The Kier molecular flexibility index (Phi) is 5.48. The van der Waals surface area contributed by atoms with Crippen LogP contribution >= 0.6 is 11.6 Å². The molecule has 2 N–H and O–H groups in total. The fraction of sp³-hybridized carbons (Fsp3) is 0.120. The van der Waals surface area contributed by atoms with Crippen LogP contribution in [0.1, 0.15) is 28.3 Å². The molecule has 7 heteroatoms. The maximum absolute atomic E-state index is 13.4. The Morgan fingerprint density at radius 2 is 1.66 bits per heavy atom. The molecule has 1 aliphatic heterocycles. The smallest absolute Gasteiger partial charge is 0.300 e. The van der Waals surface area contributed by atoms with Crippen LogP contribution in [0.3, 0.4) is 0 Å². The minimum atomic E-state index is -1.000. The van der Waals surface area contributed by atoms with Gasteiger partial charge in [-0.1, -0.05) is 23.7 Å². The first kappa shape index (κ1) is 21.6. The molecule has 0 saturated carbocycles. The molecular weight excluding hydrogens is 433 g/mol. The molecular formula is C25H19ClFNO4. The van der Waals surface area contributed by atoms with E-state index in [-0.39, 0.29) is 21.9 Å². The molecule has 3 aromatic carbocycles. The highest BCUT2D eigenvalue weighted by atomic mass is 35.5. The molecule has 1 aliphatic rings. The summed E-state index contributed by atoms with van der Waals surface area (Å²) >= 11 is 6.11. The van der Waals surface area contributed by atoms with Gasteiger partial charge in [-0.25, -0.2) is 4.39 Å². The van der Waals surface area contributed by atoms with Crippen molar-refractivity contribution in [3.63, 3.8) is 0 Å². The van der Waals surface area contributed by atoms with Crippen molar-refractivity contribution >= 4 is 34.7 Å². The maximum Gasteiger partial charge on any atom is 0.300 e. The third kappa shape index (κ3) is 3.63. The van der Waals surface area contributed by atoms with E-state index < -0.39 is 29.3 Å². The summed E-state index contributed by atoms with van der Waals surface area (Å²) in [4.78, 5) is 27.5. The molecule has 0 aromatic heterocycles. The predicted molar refractivity (Wildman–Crippen MR) is 120 cm³/mol. The largest absolute Gasteiger partial charge is 0.507 e. The van der Waals surface area contributed by atoms with Gasteiger partial charge in [0.2, 0.25) is 0 Å². The molecule has 0 spiro atoms. The second-order valence-electron chi connectivity index (χ2n) is 7.66. The number of nitrogens with zero attached hydrogens (tertiary/aromatic N) is 1. The van der Waals surface area contributed by atoms with Crippen molar-refractivity contribution in [1.29, 1.82) is 0 Å². The Balaban J connectivity index is 1.97. The molecule has 0 radical (unpaired) electrons. The van der Waals surface area contributed by atoms with E-state index in [0.29, 0.717) is 11.3 Å². The lowest BCUT2D eigenvalue weighted by Crippen LogP contribution is -2.29. The highest BCUT2D eigenvalue weighted by molar-refractivity contribution is 6.51. The first-order valence-electron chi connectivity index (χ1n) is 9.81. The average Bonchev–Trinajstić information content (AvgIpc) is 3.03. The Bertz CT molecular complexity index is 1280. The lowest BCUT2D eigenvalue weighted by atomic mass is 9.95. The third-order valence-corrected chi connectivity index (χ3v) is 5.92. The van der Waals surface area contributed by atoms with E-state index in [9.17, 15) is 24.2 Å². The standard InChI is InChI=1S/C25H19ClFNO4/c1-13-3-9-18(11-14(13)2)28-22(16-6-10-20(29)19(26)12-16)21(24(31)25(28)32)23(30)15-4-7-17(27)8-5-15/h3-12,22,29-30H,1-2H3/b23-21+. The maximum atomic E-state index is 13.4. The van der Waals surface area contributed by atoms with Gasteiger partial charge in [0, 0.05) is 11.3 Å². The van der Waals surface area contributed by atoms with Crippen LogP contribution in [-0.2, 0) is 9.59 Å². The van der Waals surface area contributed by atoms with Gasteiger partial charge in [0.25, 0.3) is 11.7 Å². The highest BCUT2D eigenvalue weighted by Gasteiger charge is 2.47. The summed E-state index contributed by atoms with van der Waals surface area (Å²) in [7, 11) is 0. The van der Waals surface area contributed by atoms with Gasteiger partial charge in [0.1, 0.15) is 17.3 Å². The SMILES string of the molecule is Cc1ccc(N2C(=O)C(=O)/C(=C(/O)c3ccc(F)cc3)C2c2ccc(O)c(Cl)c2)cc1C. The molecule has 5 nitrogen and oxygen atoms in total. The molecule has 1 heterocycles. The van der Waals surface area contributed by atoms with Crippen LogP contribution in [-0.4, -0.2) is 21.9 Å². The van der Waals surface area contributed by atoms with Crippen LogP contribution in [0.5, 0.6) is 5.75 Å². The van der Waals surface area contributed by atoms with Gasteiger partial charge in [-0.3, -0.25) is 14.5 Å². The van der Waals surface area contributed by atoms with E-state index in [4.69, 9.17) is 11.6 Å². The van der Waals surface area contributed by atoms with Gasteiger partial charge in [0.15, 0.2) is 0 Å². The highest BCUT2D eigenvalue weighted by Crippen LogP contribution is 2.43. The fourth-order valence-electron chi connectivity index (χ4n) is 3.75. The molecule has 3 aromatic rings. The van der Waals surface area contributed by atoms with Crippen molar-refractivity contribution in [2.75, 3.05) is 4.90 Å². The summed E-state index contributed by atoms with van der Waals surface area (Å²) < 4.78 is 13.4. The second-order valence-corrected chi connectivity index (χ2v) is 8.06. The first-order valence-corrected chi connectivity index (χ1v) is 10.2.